The first-order valence-corrected chi connectivity index (χ1v) is 13.3. The molecule has 5 rings (SSSR count). The number of nitrogens with zero attached hydrogens (tertiary/aromatic N) is 4. The molecule has 0 radical (unpaired) electrons. The van der Waals surface area contributed by atoms with Crippen LogP contribution in [0, 0.1) is 5.92 Å². The Bertz CT molecular complexity index is 1280. The molecule has 2 N–H and O–H groups in total. The van der Waals surface area contributed by atoms with E-state index in [1.807, 2.05) is 12.1 Å². The smallest absolute Gasteiger partial charge is 0.407 e. The molecular weight excluding hydrogens is 492 g/mol. The molecule has 3 aromatic heterocycles. The number of pyridine rings is 3. The Kier molecular flexibility index (Phi) is 7.69. The van der Waals surface area contributed by atoms with Gasteiger partial charge in [-0.25, -0.2) is 14.8 Å². The highest BCUT2D eigenvalue weighted by atomic mass is 35.5. The quantitative estimate of drug-likeness (QED) is 0.215. The lowest BCUT2D eigenvalue weighted by molar-refractivity contribution is 0.0968. The van der Waals surface area contributed by atoms with Crippen molar-refractivity contribution in [2.75, 3.05) is 29.9 Å². The Morgan fingerprint density at radius 2 is 2.00 bits per heavy atom. The summed E-state index contributed by atoms with van der Waals surface area (Å²) < 4.78 is 5.25. The average Bonchev–Trinajstić information content (AvgIpc) is 3.75. The zero-order chi connectivity index (χ0) is 25.8. The average molecular weight is 523 g/mol. The number of ketones is 1. The second-order valence-corrected chi connectivity index (χ2v) is 10.0. The summed E-state index contributed by atoms with van der Waals surface area (Å²) in [5, 5.41) is 6.67. The number of halogens is 1. The van der Waals surface area contributed by atoms with E-state index in [4.69, 9.17) is 16.3 Å². The molecule has 2 aliphatic rings. The predicted molar refractivity (Wildman–Crippen MR) is 144 cm³/mol. The Morgan fingerprint density at radius 3 is 2.76 bits per heavy atom. The van der Waals surface area contributed by atoms with Crippen molar-refractivity contribution in [3.63, 3.8) is 0 Å². The van der Waals surface area contributed by atoms with Gasteiger partial charge < -0.3 is 20.3 Å². The SMILES string of the molecule is CCCCOC(=O)NC1CCCN(c2ccc(Nc3c(C(=O)C4CC4)cnc4ccc(Cl)nc34)cn2)C1. The van der Waals surface area contributed by atoms with Gasteiger partial charge in [-0.1, -0.05) is 24.9 Å². The number of rotatable bonds is 9. The molecule has 0 aromatic carbocycles. The van der Waals surface area contributed by atoms with E-state index in [0.717, 1.165) is 56.6 Å². The number of carbonyl (C=O) groups is 2. The number of carbonyl (C=O) groups excluding carboxylic acids is 2. The fourth-order valence-electron chi connectivity index (χ4n) is 4.53. The molecule has 194 valence electrons. The number of hydrogen-bond acceptors (Lipinski definition) is 8. The molecule has 1 amide bonds. The largest absolute Gasteiger partial charge is 0.450 e. The first-order valence-electron chi connectivity index (χ1n) is 12.9. The molecule has 9 nitrogen and oxygen atoms in total. The van der Waals surface area contributed by atoms with Crippen LogP contribution < -0.4 is 15.5 Å². The van der Waals surface area contributed by atoms with Crippen LogP contribution >= 0.6 is 11.6 Å². The number of amides is 1. The van der Waals surface area contributed by atoms with Crippen molar-refractivity contribution in [1.82, 2.24) is 20.3 Å². The van der Waals surface area contributed by atoms with Crippen LogP contribution in [0.3, 0.4) is 0 Å². The van der Waals surface area contributed by atoms with Crippen molar-refractivity contribution in [2.45, 2.75) is 51.5 Å². The van der Waals surface area contributed by atoms with E-state index in [1.165, 1.54) is 0 Å². The zero-order valence-electron chi connectivity index (χ0n) is 20.9. The fraction of sp³-hybridized carbons (Fsp3) is 0.444. The van der Waals surface area contributed by atoms with Crippen molar-refractivity contribution >= 4 is 51.7 Å². The van der Waals surface area contributed by atoms with E-state index in [2.05, 4.69) is 37.4 Å². The molecule has 1 saturated heterocycles. The van der Waals surface area contributed by atoms with Gasteiger partial charge in [0.15, 0.2) is 5.78 Å². The summed E-state index contributed by atoms with van der Waals surface area (Å²) in [6, 6.07) is 7.36. The fourth-order valence-corrected chi connectivity index (χ4v) is 4.68. The molecule has 1 saturated carbocycles. The van der Waals surface area contributed by atoms with Gasteiger partial charge in [0, 0.05) is 31.2 Å². The molecule has 1 aliphatic carbocycles. The van der Waals surface area contributed by atoms with Gasteiger partial charge in [0.25, 0.3) is 0 Å². The van der Waals surface area contributed by atoms with E-state index in [1.54, 1.807) is 24.5 Å². The van der Waals surface area contributed by atoms with Gasteiger partial charge in [-0.2, -0.15) is 0 Å². The molecule has 1 aliphatic heterocycles. The van der Waals surface area contributed by atoms with Crippen LogP contribution in [0.2, 0.25) is 5.15 Å². The molecule has 1 atom stereocenters. The summed E-state index contributed by atoms with van der Waals surface area (Å²) in [6.45, 7) is 4.03. The Labute approximate surface area is 221 Å². The maximum Gasteiger partial charge on any atom is 0.407 e. The first kappa shape index (κ1) is 25.2. The minimum absolute atomic E-state index is 0.0116. The van der Waals surface area contributed by atoms with Crippen molar-refractivity contribution in [2.24, 2.45) is 5.92 Å². The molecule has 37 heavy (non-hydrogen) atoms. The number of fused-ring (bicyclic) bond motifs is 1. The van der Waals surface area contributed by atoms with Gasteiger partial charge in [0.2, 0.25) is 0 Å². The summed E-state index contributed by atoms with van der Waals surface area (Å²) in [5.74, 6) is 0.943. The van der Waals surface area contributed by atoms with E-state index in [0.29, 0.717) is 40.6 Å². The third kappa shape index (κ3) is 6.10. The van der Waals surface area contributed by atoms with Gasteiger partial charge in [0.05, 0.1) is 35.3 Å². The molecule has 2 fully saturated rings. The molecule has 4 heterocycles. The number of hydrogen-bond donors (Lipinski definition) is 2. The van der Waals surface area contributed by atoms with Gasteiger partial charge in [-0.3, -0.25) is 9.78 Å². The van der Waals surface area contributed by atoms with E-state index >= 15 is 0 Å². The van der Waals surface area contributed by atoms with Crippen LogP contribution in [0.25, 0.3) is 11.0 Å². The lowest BCUT2D eigenvalue weighted by Gasteiger charge is -2.33. The number of piperidine rings is 1. The lowest BCUT2D eigenvalue weighted by atomic mass is 10.1. The number of nitrogens with one attached hydrogen (secondary N) is 2. The number of alkyl carbamates (subject to hydrolysis) is 1. The van der Waals surface area contributed by atoms with Crippen molar-refractivity contribution in [1.29, 1.82) is 0 Å². The number of anilines is 3. The van der Waals surface area contributed by atoms with Crippen molar-refractivity contribution < 1.29 is 14.3 Å². The third-order valence-electron chi connectivity index (χ3n) is 6.71. The lowest BCUT2D eigenvalue weighted by Crippen LogP contribution is -2.48. The van der Waals surface area contributed by atoms with Gasteiger partial charge in [-0.15, -0.1) is 0 Å². The number of Topliss-reactive ketones (excluding diaryl/α,β-unsaturated/α-hetero) is 1. The number of aromatic nitrogens is 3. The van der Waals surface area contributed by atoms with Crippen LogP contribution in [-0.4, -0.2) is 52.6 Å². The Morgan fingerprint density at radius 1 is 1.14 bits per heavy atom. The summed E-state index contributed by atoms with van der Waals surface area (Å²) in [6.07, 6.45) is 8.51. The highest BCUT2D eigenvalue weighted by molar-refractivity contribution is 6.30. The van der Waals surface area contributed by atoms with Crippen LogP contribution in [-0.2, 0) is 4.74 Å². The maximum atomic E-state index is 13.0. The third-order valence-corrected chi connectivity index (χ3v) is 6.92. The molecule has 10 heteroatoms. The van der Waals surface area contributed by atoms with Gasteiger partial charge >= 0.3 is 6.09 Å². The van der Waals surface area contributed by atoms with Gasteiger partial charge in [-0.05, 0) is 56.4 Å². The van der Waals surface area contributed by atoms with Crippen molar-refractivity contribution in [3.05, 3.63) is 47.4 Å². The van der Waals surface area contributed by atoms with Crippen LogP contribution in [0.1, 0.15) is 55.8 Å². The van der Waals surface area contributed by atoms with E-state index in [9.17, 15) is 9.59 Å². The molecule has 1 unspecified atom stereocenters. The highest BCUT2D eigenvalue weighted by Gasteiger charge is 2.33. The Balaban J connectivity index is 1.30. The molecular formula is C27H31ClN6O3. The first-order chi connectivity index (χ1) is 18.0. The van der Waals surface area contributed by atoms with Crippen LogP contribution in [0.15, 0.2) is 36.7 Å². The summed E-state index contributed by atoms with van der Waals surface area (Å²) in [7, 11) is 0. The summed E-state index contributed by atoms with van der Waals surface area (Å²) >= 11 is 6.18. The highest BCUT2D eigenvalue weighted by Crippen LogP contribution is 2.37. The van der Waals surface area contributed by atoms with Crippen LogP contribution in [0.5, 0.6) is 0 Å². The number of ether oxygens (including phenoxy) is 1. The summed E-state index contributed by atoms with van der Waals surface area (Å²) in [5.41, 5.74) is 3.06. The standard InChI is InChI=1S/C27H31ClN6O3/c1-2-3-13-37-27(36)32-19-5-4-12-34(16-19)23-11-8-18(14-30-23)31-24-20(26(35)17-6-7-17)15-29-21-9-10-22(28)33-25(21)24/h8-11,14-15,17,19H,2-7,12-13,16H2,1H3,(H,29,31)(H,32,36). The normalized spacial score (nSPS) is 17.5. The second-order valence-electron chi connectivity index (χ2n) is 9.64. The molecule has 3 aromatic rings. The minimum atomic E-state index is -0.359. The Hall–Kier alpha value is -3.46. The topological polar surface area (TPSA) is 109 Å². The van der Waals surface area contributed by atoms with Crippen LogP contribution in [0.4, 0.5) is 22.0 Å². The zero-order valence-corrected chi connectivity index (χ0v) is 21.6. The minimum Gasteiger partial charge on any atom is -0.450 e. The van der Waals surface area contributed by atoms with E-state index in [-0.39, 0.29) is 23.8 Å². The summed E-state index contributed by atoms with van der Waals surface area (Å²) in [4.78, 5) is 40.8. The molecule has 0 spiro atoms. The number of unbranched alkanes of at least 4 members (excludes halogenated alkanes) is 1. The van der Waals surface area contributed by atoms with Crippen molar-refractivity contribution in [3.8, 4) is 0 Å². The van der Waals surface area contributed by atoms with E-state index < -0.39 is 0 Å². The van der Waals surface area contributed by atoms with Gasteiger partial charge in [0.1, 0.15) is 16.5 Å². The maximum absolute atomic E-state index is 13.0. The molecule has 0 bridgehead atoms. The monoisotopic (exact) mass is 522 g/mol. The second kappa shape index (κ2) is 11.3. The predicted octanol–water partition coefficient (Wildman–Crippen LogP) is 5.51.